The Hall–Kier alpha value is -4.62. The maximum Gasteiger partial charge on any atom is 0.422 e. The molecule has 2 N–H and O–H groups in total. The minimum absolute atomic E-state index is 0.0523. The molecule has 2 aromatic carbocycles. The van der Waals surface area contributed by atoms with E-state index in [1.165, 1.54) is 4.90 Å². The van der Waals surface area contributed by atoms with Crippen molar-refractivity contribution in [1.82, 2.24) is 25.2 Å². The molecule has 0 fully saturated rings. The van der Waals surface area contributed by atoms with Gasteiger partial charge in [-0.25, -0.2) is 4.79 Å². The van der Waals surface area contributed by atoms with Gasteiger partial charge >= 0.3 is 18.3 Å². The Bertz CT molecular complexity index is 1410. The zero-order valence-electron chi connectivity index (χ0n) is 24.7. The van der Waals surface area contributed by atoms with Gasteiger partial charge in [-0.1, -0.05) is 24.3 Å². The first-order chi connectivity index (χ1) is 20.8. The van der Waals surface area contributed by atoms with Gasteiger partial charge in [0.1, 0.15) is 17.2 Å². The average Bonchev–Trinajstić information content (AvgIpc) is 2.95. The third-order valence-electron chi connectivity index (χ3n) is 6.14. The number of amides is 2. The summed E-state index contributed by atoms with van der Waals surface area (Å²) in [5, 5.41) is 5.83. The van der Waals surface area contributed by atoms with Crippen LogP contribution in [0.15, 0.2) is 48.5 Å². The van der Waals surface area contributed by atoms with Crippen LogP contribution < -0.4 is 20.1 Å². The summed E-state index contributed by atoms with van der Waals surface area (Å²) in [7, 11) is 0. The molecule has 4 aliphatic heterocycles. The second-order valence-electron chi connectivity index (χ2n) is 11.1. The molecule has 1 aromatic heterocycles. The Morgan fingerprint density at radius 2 is 1.66 bits per heavy atom. The lowest BCUT2D eigenvalue weighted by atomic mass is 10.1. The van der Waals surface area contributed by atoms with E-state index in [0.29, 0.717) is 36.4 Å². The van der Waals surface area contributed by atoms with Crippen molar-refractivity contribution in [2.45, 2.75) is 51.9 Å². The molecule has 44 heavy (non-hydrogen) atoms. The van der Waals surface area contributed by atoms with Gasteiger partial charge in [-0.3, -0.25) is 4.79 Å². The number of alkyl halides is 3. The van der Waals surface area contributed by atoms with Crippen molar-refractivity contribution < 1.29 is 37.0 Å². The number of carbonyl (C=O) groups excluding carboxylic acids is 2. The van der Waals surface area contributed by atoms with Crippen LogP contribution in [-0.2, 0) is 17.7 Å². The Morgan fingerprint density at radius 1 is 0.955 bits per heavy atom. The highest BCUT2D eigenvalue weighted by molar-refractivity contribution is 5.94. The SMILES string of the molecule is CC(C)(C)OC(=O)N1CCCOc2ccc(cc2)CNc2nc(nc(OCC(F)(F)F)n2)Cc2ccc(cc2)C(=O)NCC1. The maximum atomic E-state index is 12.8. The number of aromatic nitrogens is 3. The first-order valence-electron chi connectivity index (χ1n) is 14.1. The van der Waals surface area contributed by atoms with Gasteiger partial charge in [0, 0.05) is 38.2 Å². The number of halogens is 3. The van der Waals surface area contributed by atoms with Crippen molar-refractivity contribution in [3.05, 3.63) is 71.0 Å². The van der Waals surface area contributed by atoms with Crippen molar-refractivity contribution in [2.24, 2.45) is 0 Å². The van der Waals surface area contributed by atoms with Crippen molar-refractivity contribution in [1.29, 1.82) is 0 Å². The average molecular weight is 617 g/mol. The summed E-state index contributed by atoms with van der Waals surface area (Å²) in [6.07, 6.45) is -4.36. The van der Waals surface area contributed by atoms with E-state index in [2.05, 4.69) is 25.6 Å². The number of hydrogen-bond acceptors (Lipinski definition) is 9. The third kappa shape index (κ3) is 10.6. The van der Waals surface area contributed by atoms with E-state index in [4.69, 9.17) is 14.2 Å². The molecule has 0 spiro atoms. The monoisotopic (exact) mass is 616 g/mol. The fraction of sp³-hybridized carbons (Fsp3) is 0.433. The summed E-state index contributed by atoms with van der Waals surface area (Å²) in [6, 6.07) is 13.4. The highest BCUT2D eigenvalue weighted by Crippen LogP contribution is 2.19. The van der Waals surface area contributed by atoms with Crippen LogP contribution in [0.3, 0.4) is 0 Å². The summed E-state index contributed by atoms with van der Waals surface area (Å²) < 4.78 is 54.6. The number of anilines is 1. The van der Waals surface area contributed by atoms with E-state index in [9.17, 15) is 22.8 Å². The Labute approximate surface area is 253 Å². The van der Waals surface area contributed by atoms with Gasteiger partial charge in [-0.05, 0) is 62.6 Å². The molecule has 0 saturated heterocycles. The number of benzene rings is 2. The summed E-state index contributed by atoms with van der Waals surface area (Å²) in [5.74, 6) is 0.524. The number of nitrogens with one attached hydrogen (secondary N) is 2. The normalized spacial score (nSPS) is 15.1. The molecule has 4 aliphatic rings. The number of nitrogens with zero attached hydrogens (tertiary/aromatic N) is 4. The van der Waals surface area contributed by atoms with E-state index in [1.54, 1.807) is 57.2 Å². The van der Waals surface area contributed by atoms with E-state index in [1.807, 2.05) is 12.1 Å². The number of hydrogen-bond donors (Lipinski definition) is 2. The van der Waals surface area contributed by atoms with Gasteiger partial charge in [0.25, 0.3) is 5.91 Å². The fourth-order valence-electron chi connectivity index (χ4n) is 4.08. The van der Waals surface area contributed by atoms with Crippen molar-refractivity contribution in [2.75, 3.05) is 38.2 Å². The number of ether oxygens (including phenoxy) is 3. The van der Waals surface area contributed by atoms with Gasteiger partial charge in [-0.15, -0.1) is 0 Å². The zero-order valence-corrected chi connectivity index (χ0v) is 24.7. The van der Waals surface area contributed by atoms with Crippen LogP contribution in [-0.4, -0.2) is 76.5 Å². The van der Waals surface area contributed by atoms with Crippen molar-refractivity contribution in [3.63, 3.8) is 0 Å². The Morgan fingerprint density at radius 3 is 2.34 bits per heavy atom. The molecule has 7 rings (SSSR count). The van der Waals surface area contributed by atoms with Gasteiger partial charge in [0.15, 0.2) is 6.61 Å². The predicted octanol–water partition coefficient (Wildman–Crippen LogP) is 4.77. The molecule has 3 aromatic rings. The minimum Gasteiger partial charge on any atom is -0.494 e. The van der Waals surface area contributed by atoms with Crippen LogP contribution in [0.1, 0.15) is 54.5 Å². The lowest BCUT2D eigenvalue weighted by Crippen LogP contribution is -2.42. The second kappa shape index (κ2) is 14.2. The van der Waals surface area contributed by atoms with Gasteiger partial charge in [0.05, 0.1) is 6.61 Å². The molecule has 0 saturated carbocycles. The van der Waals surface area contributed by atoms with E-state index >= 15 is 0 Å². The molecule has 6 bridgehead atoms. The Balaban J connectivity index is 1.55. The molecule has 11 nitrogen and oxygen atoms in total. The van der Waals surface area contributed by atoms with Crippen LogP contribution in [0.2, 0.25) is 0 Å². The minimum atomic E-state index is -4.56. The molecule has 0 radical (unpaired) electrons. The summed E-state index contributed by atoms with van der Waals surface area (Å²) in [6.45, 7) is 5.23. The molecule has 2 amide bonds. The molecule has 5 heterocycles. The smallest absolute Gasteiger partial charge is 0.422 e. The topological polar surface area (TPSA) is 128 Å². The molecule has 0 atom stereocenters. The number of carbonyl (C=O) groups is 2. The molecule has 236 valence electrons. The fourth-order valence-corrected chi connectivity index (χ4v) is 4.08. The highest BCUT2D eigenvalue weighted by atomic mass is 19.4. The molecular formula is C30H35F3N6O5. The standard InChI is InChI=1S/C30H35F3N6O5/c1-29(2,3)44-28(41)39-14-4-16-42-23-11-7-21(8-12-23)18-35-26-36-24(37-27(38-26)43-19-30(31,32)33)17-20-5-9-22(10-6-20)25(40)34-13-15-39/h5-12H,4,13-19H2,1-3H3,(H,34,40)(H,35,36,37,38). The molecule has 0 aliphatic carbocycles. The largest absolute Gasteiger partial charge is 0.494 e. The first-order valence-corrected chi connectivity index (χ1v) is 14.1. The predicted molar refractivity (Wildman–Crippen MR) is 155 cm³/mol. The highest BCUT2D eigenvalue weighted by Gasteiger charge is 2.29. The van der Waals surface area contributed by atoms with Crippen molar-refractivity contribution >= 4 is 17.9 Å². The molecule has 14 heteroatoms. The molecular weight excluding hydrogens is 581 g/mol. The lowest BCUT2D eigenvalue weighted by molar-refractivity contribution is -0.154. The van der Waals surface area contributed by atoms with Gasteiger partial charge in [-0.2, -0.15) is 28.1 Å². The summed E-state index contributed by atoms with van der Waals surface area (Å²) in [5.41, 5.74) is 1.28. The first kappa shape index (κ1) is 32.3. The van der Waals surface area contributed by atoms with Crippen LogP contribution in [0.4, 0.5) is 23.9 Å². The van der Waals surface area contributed by atoms with Gasteiger partial charge < -0.3 is 29.7 Å². The van der Waals surface area contributed by atoms with E-state index < -0.39 is 30.5 Å². The third-order valence-corrected chi connectivity index (χ3v) is 6.14. The molecule has 0 unspecified atom stereocenters. The van der Waals surface area contributed by atoms with E-state index in [-0.39, 0.29) is 43.7 Å². The Kier molecular flexibility index (Phi) is 10.4. The number of rotatable bonds is 2. The van der Waals surface area contributed by atoms with E-state index in [0.717, 1.165) is 5.56 Å². The van der Waals surface area contributed by atoms with Crippen LogP contribution in [0, 0.1) is 0 Å². The quantitative estimate of drug-likeness (QED) is 0.419. The van der Waals surface area contributed by atoms with Crippen molar-refractivity contribution in [3.8, 4) is 11.8 Å². The zero-order chi connectivity index (χ0) is 31.7. The lowest BCUT2D eigenvalue weighted by Gasteiger charge is -2.27. The van der Waals surface area contributed by atoms with Crippen LogP contribution in [0.25, 0.3) is 0 Å². The second-order valence-corrected chi connectivity index (χ2v) is 11.1. The van der Waals surface area contributed by atoms with Crippen LogP contribution in [0.5, 0.6) is 11.8 Å². The summed E-state index contributed by atoms with van der Waals surface area (Å²) in [4.78, 5) is 39.5. The maximum absolute atomic E-state index is 12.8. The van der Waals surface area contributed by atoms with Crippen LogP contribution >= 0.6 is 0 Å². The summed E-state index contributed by atoms with van der Waals surface area (Å²) >= 11 is 0. The van der Waals surface area contributed by atoms with Gasteiger partial charge in [0.2, 0.25) is 5.95 Å².